The van der Waals surface area contributed by atoms with E-state index in [0.717, 1.165) is 11.8 Å². The van der Waals surface area contributed by atoms with E-state index in [9.17, 15) is 22.8 Å². The zero-order valence-electron chi connectivity index (χ0n) is 21.6. The molecule has 8 nitrogen and oxygen atoms in total. The summed E-state index contributed by atoms with van der Waals surface area (Å²) in [7, 11) is 0. The molecule has 0 aliphatic carbocycles. The fourth-order valence-corrected chi connectivity index (χ4v) is 4.18. The predicted molar refractivity (Wildman–Crippen MR) is 141 cm³/mol. The standard InChI is InChI=1S/C27H30F3N5O3/c1-17(36)31-19-7-10-23-21(15-19)22(27(28,29)30)16-24(33-23)32-18-5-8-20(9-6-18)34-11-13-35(14-12-34)25(37)38-26(2,3)4/h5-10,15-16H,11-14H2,1-4H3,(H,31,36)(H,32,33). The second-order valence-electron chi connectivity index (χ2n) is 10.1. The van der Waals surface area contributed by atoms with Crippen LogP contribution in [-0.2, 0) is 15.7 Å². The summed E-state index contributed by atoms with van der Waals surface area (Å²) >= 11 is 0. The van der Waals surface area contributed by atoms with Gasteiger partial charge in [-0.25, -0.2) is 9.78 Å². The Morgan fingerprint density at radius 3 is 2.13 bits per heavy atom. The van der Waals surface area contributed by atoms with Gasteiger partial charge in [-0.05, 0) is 69.3 Å². The monoisotopic (exact) mass is 529 g/mol. The number of alkyl halides is 3. The Morgan fingerprint density at radius 2 is 1.55 bits per heavy atom. The molecule has 202 valence electrons. The van der Waals surface area contributed by atoms with Gasteiger partial charge < -0.3 is 25.2 Å². The predicted octanol–water partition coefficient (Wildman–Crippen LogP) is 6.01. The largest absolute Gasteiger partial charge is 0.444 e. The van der Waals surface area contributed by atoms with Gasteiger partial charge in [-0.1, -0.05) is 0 Å². The molecular formula is C27H30F3N5O3. The first-order valence-corrected chi connectivity index (χ1v) is 12.2. The minimum atomic E-state index is -4.61. The number of pyridine rings is 1. The Morgan fingerprint density at radius 1 is 0.921 bits per heavy atom. The lowest BCUT2D eigenvalue weighted by molar-refractivity contribution is -0.136. The number of ether oxygens (including phenoxy) is 1. The third-order valence-electron chi connectivity index (χ3n) is 5.87. The normalized spacial score (nSPS) is 14.4. The number of carbonyl (C=O) groups excluding carboxylic acids is 2. The van der Waals surface area contributed by atoms with Crippen LogP contribution in [0.3, 0.4) is 0 Å². The lowest BCUT2D eigenvalue weighted by Crippen LogP contribution is -2.50. The highest BCUT2D eigenvalue weighted by atomic mass is 19.4. The van der Waals surface area contributed by atoms with Crippen LogP contribution in [0.4, 0.5) is 40.8 Å². The van der Waals surface area contributed by atoms with Crippen LogP contribution < -0.4 is 15.5 Å². The molecular weight excluding hydrogens is 499 g/mol. The smallest absolute Gasteiger partial charge is 0.417 e. The quantitative estimate of drug-likeness (QED) is 0.430. The van der Waals surface area contributed by atoms with E-state index in [4.69, 9.17) is 4.74 Å². The van der Waals surface area contributed by atoms with E-state index in [1.54, 1.807) is 17.0 Å². The number of anilines is 4. The third-order valence-corrected chi connectivity index (χ3v) is 5.87. The molecule has 3 aromatic rings. The summed E-state index contributed by atoms with van der Waals surface area (Å²) in [6.07, 6.45) is -4.94. The fourth-order valence-electron chi connectivity index (χ4n) is 4.18. The van der Waals surface area contributed by atoms with Crippen LogP contribution in [0.5, 0.6) is 0 Å². The fraction of sp³-hybridized carbons (Fsp3) is 0.370. The lowest BCUT2D eigenvalue weighted by Gasteiger charge is -2.36. The van der Waals surface area contributed by atoms with E-state index in [1.165, 1.54) is 25.1 Å². The Kier molecular flexibility index (Phi) is 7.39. The average Bonchev–Trinajstić information content (AvgIpc) is 2.82. The van der Waals surface area contributed by atoms with Crippen molar-refractivity contribution in [1.82, 2.24) is 9.88 Å². The molecule has 1 saturated heterocycles. The number of fused-ring (bicyclic) bond motifs is 1. The van der Waals surface area contributed by atoms with Gasteiger partial charge >= 0.3 is 12.3 Å². The Balaban J connectivity index is 1.47. The van der Waals surface area contributed by atoms with Crippen molar-refractivity contribution >= 4 is 45.8 Å². The van der Waals surface area contributed by atoms with E-state index >= 15 is 0 Å². The third kappa shape index (κ3) is 6.64. The second-order valence-corrected chi connectivity index (χ2v) is 10.1. The zero-order chi connectivity index (χ0) is 27.7. The summed E-state index contributed by atoms with van der Waals surface area (Å²) in [5.41, 5.74) is 0.532. The van der Waals surface area contributed by atoms with Crippen molar-refractivity contribution in [2.45, 2.75) is 39.5 Å². The van der Waals surface area contributed by atoms with Crippen LogP contribution >= 0.6 is 0 Å². The van der Waals surface area contributed by atoms with E-state index < -0.39 is 17.3 Å². The van der Waals surface area contributed by atoms with Crippen LogP contribution in [0.2, 0.25) is 0 Å². The number of amides is 2. The number of carbonyl (C=O) groups is 2. The lowest BCUT2D eigenvalue weighted by atomic mass is 10.1. The number of aromatic nitrogens is 1. The maximum absolute atomic E-state index is 13.9. The van der Waals surface area contributed by atoms with Crippen LogP contribution in [-0.4, -0.2) is 53.7 Å². The van der Waals surface area contributed by atoms with E-state index in [2.05, 4.69) is 20.5 Å². The molecule has 1 aromatic heterocycles. The molecule has 0 radical (unpaired) electrons. The summed E-state index contributed by atoms with van der Waals surface area (Å²) in [4.78, 5) is 31.8. The second kappa shape index (κ2) is 10.4. The molecule has 4 rings (SSSR count). The van der Waals surface area contributed by atoms with E-state index in [1.807, 2.05) is 32.9 Å². The van der Waals surface area contributed by atoms with Crippen LogP contribution in [0.25, 0.3) is 10.9 Å². The molecule has 1 aliphatic heterocycles. The molecule has 0 spiro atoms. The van der Waals surface area contributed by atoms with Gasteiger partial charge in [0.2, 0.25) is 5.91 Å². The molecule has 1 aliphatic rings. The van der Waals surface area contributed by atoms with Crippen molar-refractivity contribution in [2.75, 3.05) is 41.7 Å². The average molecular weight is 530 g/mol. The van der Waals surface area contributed by atoms with Crippen molar-refractivity contribution in [2.24, 2.45) is 0 Å². The number of hydrogen-bond acceptors (Lipinski definition) is 6. The van der Waals surface area contributed by atoms with Gasteiger partial charge in [0.05, 0.1) is 11.1 Å². The summed E-state index contributed by atoms with van der Waals surface area (Å²) < 4.78 is 47.0. The summed E-state index contributed by atoms with van der Waals surface area (Å²) in [6, 6.07) is 12.5. The van der Waals surface area contributed by atoms with E-state index in [-0.39, 0.29) is 34.4 Å². The molecule has 38 heavy (non-hydrogen) atoms. The first kappa shape index (κ1) is 27.0. The number of nitrogens with one attached hydrogen (secondary N) is 2. The molecule has 0 saturated carbocycles. The maximum atomic E-state index is 13.9. The number of benzene rings is 2. The molecule has 0 unspecified atom stereocenters. The minimum Gasteiger partial charge on any atom is -0.444 e. The SMILES string of the molecule is CC(=O)Nc1ccc2nc(Nc3ccc(N4CCN(C(=O)OC(C)(C)C)CC4)cc3)cc(C(F)(F)F)c2c1. The van der Waals surface area contributed by atoms with Crippen LogP contribution in [0, 0.1) is 0 Å². The Bertz CT molecular complexity index is 1330. The van der Waals surface area contributed by atoms with Crippen molar-refractivity contribution in [3.63, 3.8) is 0 Å². The topological polar surface area (TPSA) is 86.8 Å². The first-order valence-electron chi connectivity index (χ1n) is 12.2. The Hall–Kier alpha value is -4.02. The number of piperazine rings is 1. The number of halogens is 3. The Labute approximate surface area is 218 Å². The highest BCUT2D eigenvalue weighted by Crippen LogP contribution is 2.37. The van der Waals surface area contributed by atoms with Gasteiger partial charge in [0, 0.05) is 55.6 Å². The molecule has 11 heteroatoms. The van der Waals surface area contributed by atoms with Crippen molar-refractivity contribution < 1.29 is 27.5 Å². The summed E-state index contributed by atoms with van der Waals surface area (Å²) in [5.74, 6) is -0.326. The van der Waals surface area contributed by atoms with Crippen molar-refractivity contribution in [1.29, 1.82) is 0 Å². The van der Waals surface area contributed by atoms with Gasteiger partial charge in [-0.3, -0.25) is 4.79 Å². The van der Waals surface area contributed by atoms with Crippen LogP contribution in [0.15, 0.2) is 48.5 Å². The van der Waals surface area contributed by atoms with Gasteiger partial charge in [0.15, 0.2) is 0 Å². The summed E-state index contributed by atoms with van der Waals surface area (Å²) in [6.45, 7) is 9.10. The molecule has 0 atom stereocenters. The molecule has 2 aromatic carbocycles. The number of rotatable bonds is 4. The molecule has 1 fully saturated rings. The molecule has 2 amide bonds. The maximum Gasteiger partial charge on any atom is 0.417 e. The number of nitrogens with zero attached hydrogens (tertiary/aromatic N) is 3. The van der Waals surface area contributed by atoms with Gasteiger partial charge in [0.1, 0.15) is 11.4 Å². The van der Waals surface area contributed by atoms with Crippen LogP contribution in [0.1, 0.15) is 33.3 Å². The highest BCUT2D eigenvalue weighted by Gasteiger charge is 2.34. The molecule has 2 N–H and O–H groups in total. The van der Waals surface area contributed by atoms with Crippen molar-refractivity contribution in [3.8, 4) is 0 Å². The molecule has 0 bridgehead atoms. The van der Waals surface area contributed by atoms with Gasteiger partial charge in [0.25, 0.3) is 0 Å². The van der Waals surface area contributed by atoms with Gasteiger partial charge in [-0.2, -0.15) is 13.2 Å². The van der Waals surface area contributed by atoms with E-state index in [0.29, 0.717) is 31.9 Å². The van der Waals surface area contributed by atoms with Gasteiger partial charge in [-0.15, -0.1) is 0 Å². The molecule has 2 heterocycles. The zero-order valence-corrected chi connectivity index (χ0v) is 21.6. The first-order chi connectivity index (χ1) is 17.8. The minimum absolute atomic E-state index is 0.0517. The summed E-state index contributed by atoms with van der Waals surface area (Å²) in [5, 5.41) is 5.36. The van der Waals surface area contributed by atoms with Crippen molar-refractivity contribution in [3.05, 3.63) is 54.1 Å². The highest BCUT2D eigenvalue weighted by molar-refractivity contribution is 5.94. The number of hydrogen-bond donors (Lipinski definition) is 2.